The molecule has 1 aromatic heterocycles. The fourth-order valence-corrected chi connectivity index (χ4v) is 2.40. The first-order valence-electron chi connectivity index (χ1n) is 7.31. The molecule has 1 aromatic rings. The molecule has 0 fully saturated rings. The van der Waals surface area contributed by atoms with Crippen molar-refractivity contribution >= 4 is 11.6 Å². The lowest BCUT2D eigenvalue weighted by Crippen LogP contribution is -2.41. The van der Waals surface area contributed by atoms with E-state index >= 15 is 0 Å². The molecule has 1 rings (SSSR count). The Morgan fingerprint density at radius 1 is 1.41 bits per heavy atom. The maximum absolute atomic E-state index is 12.3. The first kappa shape index (κ1) is 18.1. The average Bonchev–Trinajstić information content (AvgIpc) is 2.67. The maximum atomic E-state index is 12.3. The van der Waals surface area contributed by atoms with Gasteiger partial charge in [0, 0.05) is 19.0 Å². The summed E-state index contributed by atoms with van der Waals surface area (Å²) in [6.45, 7) is 9.15. The van der Waals surface area contributed by atoms with Crippen LogP contribution < -0.4 is 0 Å². The Morgan fingerprint density at radius 2 is 2.00 bits per heavy atom. The van der Waals surface area contributed by atoms with Crippen LogP contribution in [0.2, 0.25) is 0 Å². The molecule has 1 heterocycles. The summed E-state index contributed by atoms with van der Waals surface area (Å²) in [6.07, 6.45) is -0.412. The van der Waals surface area contributed by atoms with Crippen molar-refractivity contribution in [2.75, 3.05) is 6.54 Å². The van der Waals surface area contributed by atoms with Gasteiger partial charge in [0.15, 0.2) is 0 Å². The highest BCUT2D eigenvalue weighted by Crippen LogP contribution is 2.22. The summed E-state index contributed by atoms with van der Waals surface area (Å²) in [5.74, 6) is -0.105. The number of hydrogen-bond donors (Lipinski definition) is 1. The van der Waals surface area contributed by atoms with Gasteiger partial charge in [-0.1, -0.05) is 0 Å². The fraction of sp³-hybridized carbons (Fsp3) is 0.714. The van der Waals surface area contributed by atoms with E-state index in [1.807, 2.05) is 13.8 Å². The molecule has 0 saturated carbocycles. The zero-order valence-electron chi connectivity index (χ0n) is 13.7. The molecule has 124 valence electrons. The number of nitrogens with zero attached hydrogens (tertiary/aromatic N) is 4. The van der Waals surface area contributed by atoms with E-state index in [-0.39, 0.29) is 37.1 Å². The molecule has 0 aliphatic rings. The predicted molar refractivity (Wildman–Crippen MR) is 81.5 cm³/mol. The third-order valence-electron chi connectivity index (χ3n) is 3.47. The summed E-state index contributed by atoms with van der Waals surface area (Å²) in [7, 11) is 0. The third kappa shape index (κ3) is 4.27. The van der Waals surface area contributed by atoms with Crippen molar-refractivity contribution in [3.05, 3.63) is 21.5 Å². The Hall–Kier alpha value is -1.96. The van der Waals surface area contributed by atoms with E-state index in [1.165, 1.54) is 4.68 Å². The zero-order chi connectivity index (χ0) is 17.0. The van der Waals surface area contributed by atoms with Crippen molar-refractivity contribution in [1.29, 1.82) is 0 Å². The van der Waals surface area contributed by atoms with Crippen LogP contribution >= 0.6 is 0 Å². The average molecular weight is 312 g/mol. The minimum Gasteiger partial charge on any atom is -0.392 e. The summed E-state index contributed by atoms with van der Waals surface area (Å²) in [6, 6.07) is -0.0168. The fourth-order valence-electron chi connectivity index (χ4n) is 2.40. The van der Waals surface area contributed by atoms with Gasteiger partial charge in [-0.2, -0.15) is 5.10 Å². The van der Waals surface area contributed by atoms with Crippen molar-refractivity contribution in [3.8, 4) is 0 Å². The highest BCUT2D eigenvalue weighted by atomic mass is 16.6. The van der Waals surface area contributed by atoms with Crippen molar-refractivity contribution in [3.63, 3.8) is 0 Å². The SMILES string of the molecule is Cc1nn(CCC(=O)N(CC(C)O)C(C)C)c(C)c1[N+](=O)[O-]. The van der Waals surface area contributed by atoms with E-state index < -0.39 is 11.0 Å². The van der Waals surface area contributed by atoms with Crippen LogP contribution in [0.3, 0.4) is 0 Å². The molecule has 1 amide bonds. The van der Waals surface area contributed by atoms with E-state index in [9.17, 15) is 20.0 Å². The van der Waals surface area contributed by atoms with Crippen molar-refractivity contribution in [2.24, 2.45) is 0 Å². The number of aliphatic hydroxyl groups excluding tert-OH is 1. The number of carbonyl (C=O) groups excluding carboxylic acids is 1. The van der Waals surface area contributed by atoms with Crippen molar-refractivity contribution in [2.45, 2.75) is 59.7 Å². The van der Waals surface area contributed by atoms with Crippen molar-refractivity contribution < 1.29 is 14.8 Å². The molecule has 0 saturated heterocycles. The van der Waals surface area contributed by atoms with Gasteiger partial charge in [0.2, 0.25) is 5.91 Å². The van der Waals surface area contributed by atoms with Crippen LogP contribution in [-0.2, 0) is 11.3 Å². The molecular formula is C14H24N4O4. The normalized spacial score (nSPS) is 12.5. The van der Waals surface area contributed by atoms with Crippen LogP contribution in [-0.4, -0.2) is 49.3 Å². The Bertz CT molecular complexity index is 551. The van der Waals surface area contributed by atoms with E-state index in [0.29, 0.717) is 11.4 Å². The minimum atomic E-state index is -0.596. The van der Waals surface area contributed by atoms with Crippen LogP contribution in [0, 0.1) is 24.0 Å². The van der Waals surface area contributed by atoms with Crippen LogP contribution in [0.4, 0.5) is 5.69 Å². The highest BCUT2D eigenvalue weighted by molar-refractivity contribution is 5.76. The second kappa shape index (κ2) is 7.35. The lowest BCUT2D eigenvalue weighted by atomic mass is 10.2. The monoisotopic (exact) mass is 312 g/mol. The molecule has 1 unspecified atom stereocenters. The molecule has 0 aliphatic heterocycles. The molecule has 0 aliphatic carbocycles. The predicted octanol–water partition coefficient (Wildman–Crippen LogP) is 1.42. The number of rotatable bonds is 7. The molecular weight excluding hydrogens is 288 g/mol. The summed E-state index contributed by atoms with van der Waals surface area (Å²) < 4.78 is 1.49. The number of aryl methyl sites for hydroxylation is 2. The van der Waals surface area contributed by atoms with Gasteiger partial charge in [-0.05, 0) is 34.6 Å². The quantitative estimate of drug-likeness (QED) is 0.606. The first-order valence-corrected chi connectivity index (χ1v) is 7.31. The molecule has 1 atom stereocenters. The third-order valence-corrected chi connectivity index (χ3v) is 3.47. The molecule has 0 aromatic carbocycles. The Morgan fingerprint density at radius 3 is 2.41 bits per heavy atom. The molecule has 22 heavy (non-hydrogen) atoms. The summed E-state index contributed by atoms with van der Waals surface area (Å²) in [5.41, 5.74) is 0.790. The summed E-state index contributed by atoms with van der Waals surface area (Å²) in [4.78, 5) is 24.4. The van der Waals surface area contributed by atoms with Gasteiger partial charge >= 0.3 is 5.69 Å². The van der Waals surface area contributed by atoms with Gasteiger partial charge in [-0.25, -0.2) is 0 Å². The van der Waals surface area contributed by atoms with Crippen LogP contribution in [0.25, 0.3) is 0 Å². The smallest absolute Gasteiger partial charge is 0.312 e. The lowest BCUT2D eigenvalue weighted by molar-refractivity contribution is -0.386. The standard InChI is InChI=1S/C14H24N4O4/c1-9(2)16(8-10(3)19)13(20)6-7-17-12(5)14(18(21)22)11(4)15-17/h9-10,19H,6-8H2,1-5H3. The molecule has 8 nitrogen and oxygen atoms in total. The lowest BCUT2D eigenvalue weighted by Gasteiger charge is -2.28. The molecule has 0 radical (unpaired) electrons. The van der Waals surface area contributed by atoms with Gasteiger partial charge < -0.3 is 10.0 Å². The number of aromatic nitrogens is 2. The van der Waals surface area contributed by atoms with E-state index in [0.717, 1.165) is 0 Å². The Balaban J connectivity index is 2.79. The minimum absolute atomic E-state index is 0.00264. The van der Waals surface area contributed by atoms with Gasteiger partial charge in [0.05, 0.1) is 17.6 Å². The summed E-state index contributed by atoms with van der Waals surface area (Å²) in [5, 5.41) is 24.5. The largest absolute Gasteiger partial charge is 0.392 e. The topological polar surface area (TPSA) is 102 Å². The van der Waals surface area contributed by atoms with E-state index in [2.05, 4.69) is 5.10 Å². The molecule has 1 N–H and O–H groups in total. The highest BCUT2D eigenvalue weighted by Gasteiger charge is 2.23. The first-order chi connectivity index (χ1) is 10.1. The van der Waals surface area contributed by atoms with Gasteiger partial charge in [0.25, 0.3) is 0 Å². The molecule has 0 bridgehead atoms. The Kier molecular flexibility index (Phi) is 6.04. The maximum Gasteiger partial charge on any atom is 0.312 e. The number of aliphatic hydroxyl groups is 1. The van der Waals surface area contributed by atoms with Crippen LogP contribution in [0.1, 0.15) is 38.6 Å². The van der Waals surface area contributed by atoms with E-state index in [1.54, 1.807) is 25.7 Å². The zero-order valence-corrected chi connectivity index (χ0v) is 13.7. The molecule has 8 heteroatoms. The Labute approximate surface area is 129 Å². The van der Waals surface area contributed by atoms with Crippen molar-refractivity contribution in [1.82, 2.24) is 14.7 Å². The molecule has 0 spiro atoms. The number of amides is 1. The van der Waals surface area contributed by atoms with Gasteiger partial charge in [-0.3, -0.25) is 19.6 Å². The van der Waals surface area contributed by atoms with Gasteiger partial charge in [-0.15, -0.1) is 0 Å². The van der Waals surface area contributed by atoms with Gasteiger partial charge in [0.1, 0.15) is 11.4 Å². The second-order valence-corrected chi connectivity index (χ2v) is 5.74. The van der Waals surface area contributed by atoms with Crippen LogP contribution in [0.5, 0.6) is 0 Å². The number of nitro groups is 1. The van der Waals surface area contributed by atoms with Crippen LogP contribution in [0.15, 0.2) is 0 Å². The second-order valence-electron chi connectivity index (χ2n) is 5.74. The number of carbonyl (C=O) groups is 1. The number of hydrogen-bond acceptors (Lipinski definition) is 5. The van der Waals surface area contributed by atoms with E-state index in [4.69, 9.17) is 0 Å². The summed E-state index contributed by atoms with van der Waals surface area (Å²) >= 11 is 0.